The Labute approximate surface area is 127 Å². The highest BCUT2D eigenvalue weighted by molar-refractivity contribution is 7.98. The van der Waals surface area contributed by atoms with Gasteiger partial charge in [-0.15, -0.1) is 11.8 Å². The molecule has 2 rings (SSSR count). The fourth-order valence-electron chi connectivity index (χ4n) is 2.31. The van der Waals surface area contributed by atoms with Crippen molar-refractivity contribution in [2.45, 2.75) is 10.9 Å². The minimum atomic E-state index is -0.623. The zero-order valence-corrected chi connectivity index (χ0v) is 12.9. The van der Waals surface area contributed by atoms with E-state index in [1.165, 1.54) is 19.2 Å². The van der Waals surface area contributed by atoms with Crippen LogP contribution in [0.25, 0.3) is 0 Å². The van der Waals surface area contributed by atoms with Crippen LogP contribution in [0.5, 0.6) is 5.75 Å². The second kappa shape index (κ2) is 6.91. The molecule has 5 heteroatoms. The molecule has 0 fully saturated rings. The fraction of sp³-hybridized carbons (Fsp3) is 0.250. The van der Waals surface area contributed by atoms with Gasteiger partial charge in [0.1, 0.15) is 17.4 Å². The summed E-state index contributed by atoms with van der Waals surface area (Å²) in [5, 5.41) is 2.99. The standard InChI is InChI=1S/C16H17F2NOS/c1-19-16(11-6-4-5-7-14(11)21-3)15-12(17)8-10(20-2)9-13(15)18/h4-9,16,19H,1-3H3. The van der Waals surface area contributed by atoms with Gasteiger partial charge in [0.2, 0.25) is 0 Å². The van der Waals surface area contributed by atoms with Crippen LogP contribution in [0.2, 0.25) is 0 Å². The van der Waals surface area contributed by atoms with Gasteiger partial charge in [0.25, 0.3) is 0 Å². The van der Waals surface area contributed by atoms with Crippen molar-refractivity contribution in [2.75, 3.05) is 20.4 Å². The Hall–Kier alpha value is -1.59. The van der Waals surface area contributed by atoms with Gasteiger partial charge < -0.3 is 10.1 Å². The molecule has 112 valence electrons. The zero-order chi connectivity index (χ0) is 15.4. The van der Waals surface area contributed by atoms with E-state index in [2.05, 4.69) is 5.32 Å². The number of halogens is 2. The molecule has 0 aliphatic heterocycles. The summed E-state index contributed by atoms with van der Waals surface area (Å²) < 4.78 is 33.5. The van der Waals surface area contributed by atoms with Crippen LogP contribution in [0, 0.1) is 11.6 Å². The number of thioether (sulfide) groups is 1. The zero-order valence-electron chi connectivity index (χ0n) is 12.1. The summed E-state index contributed by atoms with van der Waals surface area (Å²) in [5.41, 5.74) is 0.843. The predicted molar refractivity (Wildman–Crippen MR) is 82.0 cm³/mol. The van der Waals surface area contributed by atoms with Gasteiger partial charge in [0, 0.05) is 22.6 Å². The first kappa shape index (κ1) is 15.8. The lowest BCUT2D eigenvalue weighted by Gasteiger charge is -2.21. The Kier molecular flexibility index (Phi) is 5.20. The van der Waals surface area contributed by atoms with Crippen LogP contribution in [0.4, 0.5) is 8.78 Å². The molecule has 0 aromatic heterocycles. The van der Waals surface area contributed by atoms with Gasteiger partial charge in [-0.1, -0.05) is 18.2 Å². The lowest BCUT2D eigenvalue weighted by Crippen LogP contribution is -2.21. The molecule has 0 aliphatic carbocycles. The monoisotopic (exact) mass is 309 g/mol. The summed E-state index contributed by atoms with van der Waals surface area (Å²) in [6.07, 6.45) is 1.94. The van der Waals surface area contributed by atoms with Gasteiger partial charge in [-0.25, -0.2) is 8.78 Å². The highest BCUT2D eigenvalue weighted by atomic mass is 32.2. The summed E-state index contributed by atoms with van der Waals surface area (Å²) >= 11 is 1.54. The third kappa shape index (κ3) is 3.19. The molecule has 2 aromatic rings. The smallest absolute Gasteiger partial charge is 0.134 e. The summed E-state index contributed by atoms with van der Waals surface area (Å²) in [6, 6.07) is 9.41. The first-order valence-electron chi connectivity index (χ1n) is 6.45. The van der Waals surface area contributed by atoms with Crippen LogP contribution in [-0.2, 0) is 0 Å². The van der Waals surface area contributed by atoms with E-state index in [-0.39, 0.29) is 11.3 Å². The maximum Gasteiger partial charge on any atom is 0.134 e. The highest BCUT2D eigenvalue weighted by Crippen LogP contribution is 2.34. The molecular weight excluding hydrogens is 292 g/mol. The summed E-state index contributed by atoms with van der Waals surface area (Å²) in [5.74, 6) is -1.08. The first-order valence-corrected chi connectivity index (χ1v) is 7.68. The fourth-order valence-corrected chi connectivity index (χ4v) is 2.95. The Balaban J connectivity index is 2.57. The minimum Gasteiger partial charge on any atom is -0.497 e. The second-order valence-corrected chi connectivity index (χ2v) is 5.32. The summed E-state index contributed by atoms with van der Waals surface area (Å²) in [4.78, 5) is 0.978. The van der Waals surface area contributed by atoms with Crippen LogP contribution in [0.3, 0.4) is 0 Å². The molecule has 0 spiro atoms. The maximum absolute atomic E-state index is 14.3. The van der Waals surface area contributed by atoms with Gasteiger partial charge in [0.15, 0.2) is 0 Å². The second-order valence-electron chi connectivity index (χ2n) is 4.47. The predicted octanol–water partition coefficient (Wildman–Crippen LogP) is 4.00. The van der Waals surface area contributed by atoms with E-state index < -0.39 is 17.7 Å². The van der Waals surface area contributed by atoms with Crippen LogP contribution in [-0.4, -0.2) is 20.4 Å². The Bertz CT molecular complexity index is 610. The third-order valence-corrected chi connectivity index (χ3v) is 4.13. The molecule has 0 amide bonds. The molecule has 0 radical (unpaired) electrons. The van der Waals surface area contributed by atoms with Crippen LogP contribution >= 0.6 is 11.8 Å². The van der Waals surface area contributed by atoms with E-state index in [9.17, 15) is 8.78 Å². The molecule has 0 aliphatic rings. The minimum absolute atomic E-state index is 0.000185. The van der Waals surface area contributed by atoms with Gasteiger partial charge >= 0.3 is 0 Å². The summed E-state index contributed by atoms with van der Waals surface area (Å²) in [7, 11) is 3.07. The molecule has 1 atom stereocenters. The average Bonchev–Trinajstić information content (AvgIpc) is 2.50. The lowest BCUT2D eigenvalue weighted by atomic mass is 9.97. The molecule has 0 saturated carbocycles. The van der Waals surface area contributed by atoms with E-state index in [1.807, 2.05) is 30.5 Å². The lowest BCUT2D eigenvalue weighted by molar-refractivity contribution is 0.403. The SMILES string of the molecule is CNC(c1ccccc1SC)c1c(F)cc(OC)cc1F. The number of hydrogen-bond acceptors (Lipinski definition) is 3. The topological polar surface area (TPSA) is 21.3 Å². The van der Waals surface area contributed by atoms with Crippen LogP contribution in [0.1, 0.15) is 17.2 Å². The molecule has 21 heavy (non-hydrogen) atoms. The molecule has 1 unspecified atom stereocenters. The van der Waals surface area contributed by atoms with Crippen molar-refractivity contribution < 1.29 is 13.5 Å². The number of nitrogens with one attached hydrogen (secondary N) is 1. The Morgan fingerprint density at radius 1 is 1.14 bits per heavy atom. The van der Waals surface area contributed by atoms with Crippen molar-refractivity contribution in [1.29, 1.82) is 0 Å². The maximum atomic E-state index is 14.3. The van der Waals surface area contributed by atoms with E-state index >= 15 is 0 Å². The number of rotatable bonds is 5. The number of methoxy groups -OCH3 is 1. The molecule has 2 aromatic carbocycles. The van der Waals surface area contributed by atoms with E-state index in [0.717, 1.165) is 10.5 Å². The van der Waals surface area contributed by atoms with Crippen molar-refractivity contribution in [3.8, 4) is 5.75 Å². The van der Waals surface area contributed by atoms with Gasteiger partial charge in [-0.3, -0.25) is 0 Å². The first-order chi connectivity index (χ1) is 10.1. The van der Waals surface area contributed by atoms with E-state index in [0.29, 0.717) is 0 Å². The van der Waals surface area contributed by atoms with Gasteiger partial charge in [-0.2, -0.15) is 0 Å². The van der Waals surface area contributed by atoms with E-state index in [4.69, 9.17) is 4.74 Å². The van der Waals surface area contributed by atoms with Gasteiger partial charge in [0.05, 0.1) is 13.2 Å². The third-order valence-electron chi connectivity index (χ3n) is 3.32. The normalized spacial score (nSPS) is 12.2. The van der Waals surface area contributed by atoms with Gasteiger partial charge in [-0.05, 0) is 24.9 Å². The van der Waals surface area contributed by atoms with Crippen molar-refractivity contribution in [3.63, 3.8) is 0 Å². The molecule has 0 saturated heterocycles. The molecule has 2 nitrogen and oxygen atoms in total. The molecule has 0 bridgehead atoms. The Morgan fingerprint density at radius 2 is 1.76 bits per heavy atom. The van der Waals surface area contributed by atoms with Crippen molar-refractivity contribution >= 4 is 11.8 Å². The van der Waals surface area contributed by atoms with E-state index in [1.54, 1.807) is 18.8 Å². The van der Waals surface area contributed by atoms with Crippen molar-refractivity contribution in [3.05, 3.63) is 59.2 Å². The largest absolute Gasteiger partial charge is 0.497 e. The Morgan fingerprint density at radius 3 is 2.29 bits per heavy atom. The highest BCUT2D eigenvalue weighted by Gasteiger charge is 2.23. The van der Waals surface area contributed by atoms with Crippen molar-refractivity contribution in [1.82, 2.24) is 5.32 Å². The summed E-state index contributed by atoms with van der Waals surface area (Å²) in [6.45, 7) is 0. The van der Waals surface area contributed by atoms with Crippen LogP contribution < -0.4 is 10.1 Å². The quantitative estimate of drug-likeness (QED) is 0.843. The number of ether oxygens (including phenoxy) is 1. The number of hydrogen-bond donors (Lipinski definition) is 1. The molecule has 1 N–H and O–H groups in total. The van der Waals surface area contributed by atoms with Crippen molar-refractivity contribution in [2.24, 2.45) is 0 Å². The van der Waals surface area contributed by atoms with Crippen LogP contribution in [0.15, 0.2) is 41.3 Å². The number of benzene rings is 2. The molecular formula is C16H17F2NOS. The average molecular weight is 309 g/mol. The molecule has 0 heterocycles.